The van der Waals surface area contributed by atoms with Crippen LogP contribution in [0.15, 0.2) is 18.2 Å². The lowest BCUT2D eigenvalue weighted by molar-refractivity contribution is -0.153. The van der Waals surface area contributed by atoms with E-state index in [4.69, 9.17) is 4.74 Å². The van der Waals surface area contributed by atoms with Crippen molar-refractivity contribution < 1.29 is 28.2 Å². The van der Waals surface area contributed by atoms with E-state index in [1.165, 1.54) is 25.3 Å². The van der Waals surface area contributed by atoms with Crippen molar-refractivity contribution in [3.8, 4) is 5.75 Å². The van der Waals surface area contributed by atoms with Crippen molar-refractivity contribution in [2.75, 3.05) is 13.7 Å². The van der Waals surface area contributed by atoms with Crippen LogP contribution in [0.5, 0.6) is 5.75 Å². The summed E-state index contributed by atoms with van der Waals surface area (Å²) in [6.45, 7) is 2.38. The zero-order valence-electron chi connectivity index (χ0n) is 10.9. The maximum Gasteiger partial charge on any atom is 0.339 e. The van der Waals surface area contributed by atoms with E-state index in [0.717, 1.165) is 0 Å². The maximum absolute atomic E-state index is 13.4. The molecule has 0 aliphatic carbocycles. The molecule has 0 saturated heterocycles. The van der Waals surface area contributed by atoms with Gasteiger partial charge in [-0.1, -0.05) is 12.1 Å². The average molecular weight is 274 g/mol. The standard InChI is InChI=1S/C13H16F2O4/c1-4-19-12(17)10(16)8-6-5-7-9(11(8)18-3)13(2,14)15/h5-7,10,16H,4H2,1-3H3. The summed E-state index contributed by atoms with van der Waals surface area (Å²) in [4.78, 5) is 11.5. The van der Waals surface area contributed by atoms with Crippen LogP contribution >= 0.6 is 0 Å². The smallest absolute Gasteiger partial charge is 0.339 e. The Morgan fingerprint density at radius 1 is 1.47 bits per heavy atom. The minimum Gasteiger partial charge on any atom is -0.496 e. The van der Waals surface area contributed by atoms with Crippen molar-refractivity contribution >= 4 is 5.97 Å². The minimum atomic E-state index is -3.14. The quantitative estimate of drug-likeness (QED) is 0.838. The lowest BCUT2D eigenvalue weighted by Gasteiger charge is -2.19. The zero-order valence-corrected chi connectivity index (χ0v) is 10.9. The summed E-state index contributed by atoms with van der Waals surface area (Å²) in [5.41, 5.74) is -0.434. The number of esters is 1. The van der Waals surface area contributed by atoms with E-state index < -0.39 is 23.6 Å². The molecule has 19 heavy (non-hydrogen) atoms. The third-order valence-electron chi connectivity index (χ3n) is 2.53. The third-order valence-corrected chi connectivity index (χ3v) is 2.53. The molecule has 0 aliphatic rings. The lowest BCUT2D eigenvalue weighted by atomic mass is 10.0. The van der Waals surface area contributed by atoms with E-state index in [-0.39, 0.29) is 17.9 Å². The van der Waals surface area contributed by atoms with Crippen molar-refractivity contribution in [2.24, 2.45) is 0 Å². The van der Waals surface area contributed by atoms with Crippen molar-refractivity contribution in [3.63, 3.8) is 0 Å². The SMILES string of the molecule is CCOC(=O)C(O)c1cccc(C(C)(F)F)c1OC. The Bertz CT molecular complexity index is 454. The molecule has 0 fully saturated rings. The molecule has 0 aliphatic heterocycles. The number of aliphatic hydroxyl groups excluding tert-OH is 1. The summed E-state index contributed by atoms with van der Waals surface area (Å²) in [6, 6.07) is 3.85. The molecular weight excluding hydrogens is 258 g/mol. The van der Waals surface area contributed by atoms with Gasteiger partial charge in [-0.3, -0.25) is 0 Å². The van der Waals surface area contributed by atoms with Gasteiger partial charge in [0, 0.05) is 12.5 Å². The molecule has 0 radical (unpaired) electrons. The van der Waals surface area contributed by atoms with Crippen molar-refractivity contribution in [1.82, 2.24) is 0 Å². The maximum atomic E-state index is 13.4. The second kappa shape index (κ2) is 5.97. The van der Waals surface area contributed by atoms with E-state index in [2.05, 4.69) is 4.74 Å². The molecule has 0 saturated carbocycles. The molecule has 1 aromatic rings. The Morgan fingerprint density at radius 3 is 2.58 bits per heavy atom. The molecular formula is C13H16F2O4. The summed E-state index contributed by atoms with van der Waals surface area (Å²) in [5, 5.41) is 9.82. The highest BCUT2D eigenvalue weighted by atomic mass is 19.3. The fourth-order valence-electron chi connectivity index (χ4n) is 1.69. The highest BCUT2D eigenvalue weighted by Crippen LogP contribution is 2.38. The molecule has 4 nitrogen and oxygen atoms in total. The first kappa shape index (κ1) is 15.4. The Kier molecular flexibility index (Phi) is 4.83. The van der Waals surface area contributed by atoms with Gasteiger partial charge in [-0.05, 0) is 13.0 Å². The number of carbonyl (C=O) groups excluding carboxylic acids is 1. The number of alkyl halides is 2. The molecule has 1 rings (SSSR count). The van der Waals surface area contributed by atoms with Crippen LogP contribution in [-0.2, 0) is 15.5 Å². The van der Waals surface area contributed by atoms with Gasteiger partial charge in [0.15, 0.2) is 6.10 Å². The normalized spacial score (nSPS) is 12.9. The number of hydrogen-bond donors (Lipinski definition) is 1. The number of hydrogen-bond acceptors (Lipinski definition) is 4. The topological polar surface area (TPSA) is 55.8 Å². The first-order valence-corrected chi connectivity index (χ1v) is 5.72. The van der Waals surface area contributed by atoms with Gasteiger partial charge >= 0.3 is 5.97 Å². The molecule has 0 heterocycles. The van der Waals surface area contributed by atoms with Crippen molar-refractivity contribution in [2.45, 2.75) is 25.9 Å². The number of benzene rings is 1. The predicted molar refractivity (Wildman–Crippen MR) is 64.2 cm³/mol. The van der Waals surface area contributed by atoms with Crippen LogP contribution in [0.2, 0.25) is 0 Å². The summed E-state index contributed by atoms with van der Waals surface area (Å²) < 4.78 is 36.4. The second-order valence-corrected chi connectivity index (χ2v) is 3.97. The number of carbonyl (C=O) groups is 1. The van der Waals surface area contributed by atoms with Crippen molar-refractivity contribution in [1.29, 1.82) is 0 Å². The molecule has 0 amide bonds. The van der Waals surface area contributed by atoms with E-state index in [1.54, 1.807) is 6.92 Å². The Hall–Kier alpha value is -1.69. The van der Waals surface area contributed by atoms with Crippen LogP contribution in [0.25, 0.3) is 0 Å². The summed E-state index contributed by atoms with van der Waals surface area (Å²) in [7, 11) is 1.20. The second-order valence-electron chi connectivity index (χ2n) is 3.97. The van der Waals surface area contributed by atoms with E-state index in [9.17, 15) is 18.7 Å². The molecule has 0 bridgehead atoms. The summed E-state index contributed by atoms with van der Waals surface area (Å²) in [5.74, 6) is -4.26. The molecule has 1 aromatic carbocycles. The van der Waals surface area contributed by atoms with Crippen LogP contribution in [0, 0.1) is 0 Å². The molecule has 1 atom stereocenters. The summed E-state index contributed by atoms with van der Waals surface area (Å²) in [6.07, 6.45) is -1.66. The summed E-state index contributed by atoms with van der Waals surface area (Å²) >= 11 is 0. The van der Waals surface area contributed by atoms with Crippen LogP contribution in [-0.4, -0.2) is 24.8 Å². The van der Waals surface area contributed by atoms with Gasteiger partial charge in [-0.25, -0.2) is 13.6 Å². The highest BCUT2D eigenvalue weighted by molar-refractivity contribution is 5.77. The number of ether oxygens (including phenoxy) is 2. The third kappa shape index (κ3) is 3.41. The van der Waals surface area contributed by atoms with Gasteiger partial charge in [0.25, 0.3) is 5.92 Å². The molecule has 1 unspecified atom stereocenters. The van der Waals surface area contributed by atoms with Crippen molar-refractivity contribution in [3.05, 3.63) is 29.3 Å². The van der Waals surface area contributed by atoms with Gasteiger partial charge < -0.3 is 14.6 Å². The molecule has 0 spiro atoms. The molecule has 106 valence electrons. The van der Waals surface area contributed by atoms with Crippen LogP contribution in [0.1, 0.15) is 31.1 Å². The van der Waals surface area contributed by atoms with Gasteiger partial charge in [-0.15, -0.1) is 0 Å². The van der Waals surface area contributed by atoms with Gasteiger partial charge in [0.2, 0.25) is 0 Å². The van der Waals surface area contributed by atoms with Gasteiger partial charge in [0.05, 0.1) is 19.3 Å². The predicted octanol–water partition coefficient (Wildman–Crippen LogP) is 2.40. The van der Waals surface area contributed by atoms with Gasteiger partial charge in [-0.2, -0.15) is 0 Å². The minimum absolute atomic E-state index is 0.0417. The number of para-hydroxylation sites is 1. The Morgan fingerprint density at radius 2 is 2.11 bits per heavy atom. The van der Waals surface area contributed by atoms with Crippen LogP contribution in [0.3, 0.4) is 0 Å². The first-order chi connectivity index (χ1) is 8.82. The number of halogens is 2. The first-order valence-electron chi connectivity index (χ1n) is 5.72. The monoisotopic (exact) mass is 274 g/mol. The number of methoxy groups -OCH3 is 1. The van der Waals surface area contributed by atoms with E-state index in [1.807, 2.05) is 0 Å². The molecule has 6 heteroatoms. The molecule has 0 aromatic heterocycles. The average Bonchev–Trinajstić information content (AvgIpc) is 2.36. The number of rotatable bonds is 5. The Labute approximate surface area is 109 Å². The lowest BCUT2D eigenvalue weighted by Crippen LogP contribution is -2.18. The number of aliphatic hydroxyl groups is 1. The fourth-order valence-corrected chi connectivity index (χ4v) is 1.69. The van der Waals surface area contributed by atoms with Crippen LogP contribution in [0.4, 0.5) is 8.78 Å². The largest absolute Gasteiger partial charge is 0.496 e. The molecule has 1 N–H and O–H groups in total. The van der Waals surface area contributed by atoms with E-state index in [0.29, 0.717) is 6.92 Å². The fraction of sp³-hybridized carbons (Fsp3) is 0.462. The Balaban J connectivity index is 3.25. The van der Waals surface area contributed by atoms with Gasteiger partial charge in [0.1, 0.15) is 5.75 Å². The van der Waals surface area contributed by atoms with E-state index >= 15 is 0 Å². The zero-order chi connectivity index (χ0) is 14.6. The van der Waals surface area contributed by atoms with Crippen LogP contribution < -0.4 is 4.74 Å². The highest BCUT2D eigenvalue weighted by Gasteiger charge is 2.32.